The number of benzene rings is 2. The van der Waals surface area contributed by atoms with Crippen LogP contribution >= 0.6 is 0 Å². The normalized spacial score (nSPS) is 14.1. The van der Waals surface area contributed by atoms with Gasteiger partial charge in [-0.25, -0.2) is 4.98 Å². The second-order valence-corrected chi connectivity index (χ2v) is 8.29. The second kappa shape index (κ2) is 9.46. The van der Waals surface area contributed by atoms with Crippen molar-refractivity contribution in [3.05, 3.63) is 88.2 Å². The number of nitrogens with zero attached hydrogens (tertiary/aromatic N) is 2. The minimum atomic E-state index is -4.52. The van der Waals surface area contributed by atoms with Crippen molar-refractivity contribution in [2.24, 2.45) is 0 Å². The molecule has 1 aliphatic rings. The minimum absolute atomic E-state index is 0.187. The van der Waals surface area contributed by atoms with Crippen molar-refractivity contribution in [2.75, 3.05) is 36.5 Å². The standard InChI is InChI=1S/C26H21F3N4O3/c27-26(28,29)17-5-1-4-16(14-17)21-15-22(34)18-6-2-7-19(24(18)31-21)32-25(35)20-8-3-9-23(30-20)33-10-12-36-13-11-33/h1-9,14-15H,10-13H2,(H,31,34)(H,32,35). The Bertz CT molecular complexity index is 1490. The predicted molar refractivity (Wildman–Crippen MR) is 130 cm³/mol. The Kier molecular flexibility index (Phi) is 6.19. The summed E-state index contributed by atoms with van der Waals surface area (Å²) in [6.07, 6.45) is -4.52. The Morgan fingerprint density at radius 1 is 1.00 bits per heavy atom. The average molecular weight is 494 g/mol. The molecule has 2 aromatic carbocycles. The molecule has 0 radical (unpaired) electrons. The fourth-order valence-corrected chi connectivity index (χ4v) is 4.10. The molecule has 3 heterocycles. The number of carbonyl (C=O) groups is 1. The van der Waals surface area contributed by atoms with E-state index in [0.29, 0.717) is 48.7 Å². The molecule has 36 heavy (non-hydrogen) atoms. The first kappa shape index (κ1) is 23.6. The third-order valence-electron chi connectivity index (χ3n) is 5.92. The lowest BCUT2D eigenvalue weighted by atomic mass is 10.1. The van der Waals surface area contributed by atoms with Crippen LogP contribution in [0.15, 0.2) is 71.5 Å². The molecule has 0 atom stereocenters. The van der Waals surface area contributed by atoms with Crippen LogP contribution in [0.3, 0.4) is 0 Å². The Labute approximate surface area is 203 Å². The zero-order valence-electron chi connectivity index (χ0n) is 18.9. The third kappa shape index (κ3) is 4.80. The molecule has 184 valence electrons. The summed E-state index contributed by atoms with van der Waals surface area (Å²) in [6.45, 7) is 2.49. The van der Waals surface area contributed by atoms with E-state index in [1.54, 1.807) is 30.3 Å². The minimum Gasteiger partial charge on any atom is -0.378 e. The van der Waals surface area contributed by atoms with Gasteiger partial charge < -0.3 is 19.9 Å². The van der Waals surface area contributed by atoms with Crippen molar-refractivity contribution in [3.8, 4) is 11.3 Å². The molecule has 10 heteroatoms. The molecule has 1 saturated heterocycles. The number of hydrogen-bond donors (Lipinski definition) is 2. The number of pyridine rings is 2. The molecule has 0 spiro atoms. The van der Waals surface area contributed by atoms with Crippen molar-refractivity contribution in [3.63, 3.8) is 0 Å². The largest absolute Gasteiger partial charge is 0.416 e. The fraction of sp³-hybridized carbons (Fsp3) is 0.192. The summed E-state index contributed by atoms with van der Waals surface area (Å²) in [5, 5.41) is 3.07. The molecule has 4 aromatic rings. The van der Waals surface area contributed by atoms with E-state index in [0.717, 1.165) is 12.1 Å². The first-order chi connectivity index (χ1) is 17.3. The van der Waals surface area contributed by atoms with Crippen molar-refractivity contribution in [1.29, 1.82) is 0 Å². The number of anilines is 2. The number of fused-ring (bicyclic) bond motifs is 1. The van der Waals surface area contributed by atoms with Gasteiger partial charge in [-0.2, -0.15) is 13.2 Å². The number of amides is 1. The van der Waals surface area contributed by atoms with Crippen LogP contribution in [0, 0.1) is 0 Å². The summed E-state index contributed by atoms with van der Waals surface area (Å²) < 4.78 is 45.0. The second-order valence-electron chi connectivity index (χ2n) is 8.29. The van der Waals surface area contributed by atoms with E-state index < -0.39 is 17.6 Å². The van der Waals surface area contributed by atoms with Gasteiger partial charge in [0.1, 0.15) is 11.5 Å². The van der Waals surface area contributed by atoms with Crippen molar-refractivity contribution in [2.45, 2.75) is 6.18 Å². The van der Waals surface area contributed by atoms with E-state index in [4.69, 9.17) is 4.74 Å². The van der Waals surface area contributed by atoms with Crippen molar-refractivity contribution in [1.82, 2.24) is 9.97 Å². The number of alkyl halides is 3. The number of morpholine rings is 1. The molecular weight excluding hydrogens is 473 g/mol. The quantitative estimate of drug-likeness (QED) is 0.430. The van der Waals surface area contributed by atoms with Gasteiger partial charge in [0.2, 0.25) is 0 Å². The Morgan fingerprint density at radius 2 is 1.75 bits per heavy atom. The van der Waals surface area contributed by atoms with Gasteiger partial charge in [-0.3, -0.25) is 9.59 Å². The maximum atomic E-state index is 13.2. The molecule has 1 amide bonds. The van der Waals surface area contributed by atoms with Crippen LogP contribution in [0.5, 0.6) is 0 Å². The number of para-hydroxylation sites is 1. The number of rotatable bonds is 4. The van der Waals surface area contributed by atoms with E-state index in [-0.39, 0.29) is 22.4 Å². The van der Waals surface area contributed by atoms with E-state index in [2.05, 4.69) is 15.3 Å². The summed E-state index contributed by atoms with van der Waals surface area (Å²) in [5.74, 6) is 0.173. The number of ether oxygens (including phenoxy) is 1. The van der Waals surface area contributed by atoms with Crippen molar-refractivity contribution < 1.29 is 22.7 Å². The number of halogens is 3. The van der Waals surface area contributed by atoms with Gasteiger partial charge in [-0.15, -0.1) is 0 Å². The topological polar surface area (TPSA) is 87.3 Å². The SMILES string of the molecule is O=C(Nc1cccc2c(=O)cc(-c3cccc(C(F)(F)F)c3)[nH]c12)c1cccc(N2CCOCC2)n1. The van der Waals surface area contributed by atoms with Gasteiger partial charge in [-0.1, -0.05) is 24.3 Å². The van der Waals surface area contributed by atoms with Crippen LogP contribution in [-0.2, 0) is 10.9 Å². The van der Waals surface area contributed by atoms with E-state index in [1.165, 1.54) is 18.2 Å². The molecule has 1 aliphatic heterocycles. The number of carbonyl (C=O) groups excluding carboxylic acids is 1. The molecule has 0 unspecified atom stereocenters. The summed E-state index contributed by atoms with van der Waals surface area (Å²) >= 11 is 0. The fourth-order valence-electron chi connectivity index (χ4n) is 4.10. The number of nitrogens with one attached hydrogen (secondary N) is 2. The molecule has 0 aliphatic carbocycles. The summed E-state index contributed by atoms with van der Waals surface area (Å²) in [7, 11) is 0. The first-order valence-electron chi connectivity index (χ1n) is 11.2. The predicted octanol–water partition coefficient (Wildman–Crippen LogP) is 4.70. The molecule has 1 fully saturated rings. The Hall–Kier alpha value is -4.18. The number of hydrogen-bond acceptors (Lipinski definition) is 5. The highest BCUT2D eigenvalue weighted by atomic mass is 19.4. The molecule has 5 rings (SSSR count). The molecule has 2 N–H and O–H groups in total. The summed E-state index contributed by atoms with van der Waals surface area (Å²) in [5.41, 5.74) is -0.0181. The summed E-state index contributed by atoms with van der Waals surface area (Å²) in [6, 6.07) is 15.9. The third-order valence-corrected chi connectivity index (χ3v) is 5.92. The van der Waals surface area contributed by atoms with Gasteiger partial charge in [0.25, 0.3) is 5.91 Å². The lowest BCUT2D eigenvalue weighted by molar-refractivity contribution is -0.137. The lowest BCUT2D eigenvalue weighted by Gasteiger charge is -2.27. The highest BCUT2D eigenvalue weighted by molar-refractivity contribution is 6.07. The zero-order chi connectivity index (χ0) is 25.3. The molecule has 7 nitrogen and oxygen atoms in total. The van der Waals surface area contributed by atoms with Crippen LogP contribution in [0.4, 0.5) is 24.7 Å². The van der Waals surface area contributed by atoms with Crippen LogP contribution < -0.4 is 15.6 Å². The highest BCUT2D eigenvalue weighted by Gasteiger charge is 2.30. The molecule has 0 bridgehead atoms. The Morgan fingerprint density at radius 3 is 2.53 bits per heavy atom. The monoisotopic (exact) mass is 494 g/mol. The molecule has 0 saturated carbocycles. The van der Waals surface area contributed by atoms with E-state index in [1.807, 2.05) is 11.0 Å². The number of aromatic nitrogens is 2. The van der Waals surface area contributed by atoms with Crippen LogP contribution in [0.25, 0.3) is 22.2 Å². The summed E-state index contributed by atoms with van der Waals surface area (Å²) in [4.78, 5) is 35.4. The van der Waals surface area contributed by atoms with Gasteiger partial charge >= 0.3 is 6.18 Å². The number of aromatic amines is 1. The van der Waals surface area contributed by atoms with Crippen LogP contribution in [-0.4, -0.2) is 42.2 Å². The Balaban J connectivity index is 1.49. The maximum absolute atomic E-state index is 13.2. The maximum Gasteiger partial charge on any atom is 0.416 e. The van der Waals surface area contributed by atoms with Crippen LogP contribution in [0.2, 0.25) is 0 Å². The van der Waals surface area contributed by atoms with E-state index in [9.17, 15) is 22.8 Å². The molecular formula is C26H21F3N4O3. The highest BCUT2D eigenvalue weighted by Crippen LogP contribution is 2.32. The van der Waals surface area contributed by atoms with E-state index >= 15 is 0 Å². The average Bonchev–Trinajstić information content (AvgIpc) is 2.89. The van der Waals surface area contributed by atoms with Gasteiger partial charge in [-0.05, 0) is 42.0 Å². The van der Waals surface area contributed by atoms with Gasteiger partial charge in [0.05, 0.1) is 30.0 Å². The number of H-pyrrole nitrogens is 1. The smallest absolute Gasteiger partial charge is 0.378 e. The zero-order valence-corrected chi connectivity index (χ0v) is 18.9. The van der Waals surface area contributed by atoms with Gasteiger partial charge in [0, 0.05) is 30.2 Å². The van der Waals surface area contributed by atoms with Crippen molar-refractivity contribution >= 4 is 28.3 Å². The van der Waals surface area contributed by atoms with Gasteiger partial charge in [0.15, 0.2) is 5.43 Å². The van der Waals surface area contributed by atoms with Crippen LogP contribution in [0.1, 0.15) is 16.1 Å². The first-order valence-corrected chi connectivity index (χ1v) is 11.2. The lowest BCUT2D eigenvalue weighted by Crippen LogP contribution is -2.37. The molecule has 2 aromatic heterocycles.